The van der Waals surface area contributed by atoms with Crippen LogP contribution in [0.2, 0.25) is 5.02 Å². The van der Waals surface area contributed by atoms with Gasteiger partial charge in [0.15, 0.2) is 0 Å². The fourth-order valence-electron chi connectivity index (χ4n) is 2.43. The van der Waals surface area contributed by atoms with E-state index in [4.69, 9.17) is 16.9 Å². The predicted molar refractivity (Wildman–Crippen MR) is 82.6 cm³/mol. The quantitative estimate of drug-likeness (QED) is 0.852. The minimum absolute atomic E-state index is 0.436. The van der Waals surface area contributed by atoms with Crippen LogP contribution in [-0.4, -0.2) is 36.1 Å². The number of halogens is 1. The maximum atomic E-state index is 9.03. The van der Waals surface area contributed by atoms with Gasteiger partial charge in [0.2, 0.25) is 0 Å². The van der Waals surface area contributed by atoms with E-state index in [9.17, 15) is 0 Å². The summed E-state index contributed by atoms with van der Waals surface area (Å²) in [7, 11) is 0. The first-order valence-corrected chi connectivity index (χ1v) is 7.13. The van der Waals surface area contributed by atoms with E-state index in [1.807, 2.05) is 18.2 Å². The van der Waals surface area contributed by atoms with E-state index in [0.717, 1.165) is 32.0 Å². The highest BCUT2D eigenvalue weighted by Gasteiger charge is 2.21. The fourth-order valence-corrected chi connectivity index (χ4v) is 2.70. The summed E-state index contributed by atoms with van der Waals surface area (Å²) >= 11 is 6.24. The number of nitrogens with zero attached hydrogens (tertiary/aromatic N) is 5. The number of pyridine rings is 2. The van der Waals surface area contributed by atoms with Crippen LogP contribution in [0.3, 0.4) is 0 Å². The maximum Gasteiger partial charge on any atom is 0.148 e. The van der Waals surface area contributed by atoms with Crippen LogP contribution in [0.25, 0.3) is 0 Å². The molecule has 1 aliphatic rings. The van der Waals surface area contributed by atoms with Crippen molar-refractivity contribution >= 4 is 23.2 Å². The molecule has 106 valence electrons. The van der Waals surface area contributed by atoms with Crippen molar-refractivity contribution in [1.29, 1.82) is 5.26 Å². The van der Waals surface area contributed by atoms with E-state index in [2.05, 4.69) is 25.8 Å². The molecule has 0 atom stereocenters. The van der Waals surface area contributed by atoms with Crippen LogP contribution in [0.15, 0.2) is 36.7 Å². The summed E-state index contributed by atoms with van der Waals surface area (Å²) in [4.78, 5) is 13.0. The Balaban J connectivity index is 1.73. The van der Waals surface area contributed by atoms with E-state index in [-0.39, 0.29) is 0 Å². The maximum absolute atomic E-state index is 9.03. The van der Waals surface area contributed by atoms with Gasteiger partial charge in [-0.1, -0.05) is 17.7 Å². The van der Waals surface area contributed by atoms with Crippen LogP contribution in [-0.2, 0) is 0 Å². The van der Waals surface area contributed by atoms with Gasteiger partial charge >= 0.3 is 0 Å². The average molecular weight is 300 g/mol. The first kappa shape index (κ1) is 13.7. The summed E-state index contributed by atoms with van der Waals surface area (Å²) in [6.07, 6.45) is 3.43. The van der Waals surface area contributed by atoms with Gasteiger partial charge in [0.25, 0.3) is 0 Å². The molecule has 0 aromatic carbocycles. The molecule has 0 aliphatic carbocycles. The van der Waals surface area contributed by atoms with Crippen LogP contribution in [0.4, 0.5) is 11.6 Å². The van der Waals surface area contributed by atoms with Crippen LogP contribution in [0, 0.1) is 11.3 Å². The van der Waals surface area contributed by atoms with E-state index in [0.29, 0.717) is 16.4 Å². The van der Waals surface area contributed by atoms with Crippen molar-refractivity contribution in [3.8, 4) is 6.07 Å². The molecule has 3 heterocycles. The molecule has 5 nitrogen and oxygen atoms in total. The lowest BCUT2D eigenvalue weighted by Crippen LogP contribution is -2.47. The zero-order chi connectivity index (χ0) is 14.7. The second kappa shape index (κ2) is 5.98. The Labute approximate surface area is 128 Å². The topological polar surface area (TPSA) is 56.1 Å². The predicted octanol–water partition coefficient (Wildman–Crippen LogP) is 2.33. The summed E-state index contributed by atoms with van der Waals surface area (Å²) in [5.41, 5.74) is 0.467. The van der Waals surface area contributed by atoms with Crippen LogP contribution in [0.5, 0.6) is 0 Å². The summed E-state index contributed by atoms with van der Waals surface area (Å²) in [5, 5.41) is 9.47. The van der Waals surface area contributed by atoms with E-state index in [1.54, 1.807) is 18.5 Å². The molecule has 0 N–H and O–H groups in total. The molecule has 6 heteroatoms. The fraction of sp³-hybridized carbons (Fsp3) is 0.267. The van der Waals surface area contributed by atoms with Crippen molar-refractivity contribution in [3.05, 3.63) is 47.2 Å². The number of hydrogen-bond acceptors (Lipinski definition) is 5. The highest BCUT2D eigenvalue weighted by atomic mass is 35.5. The Hall–Kier alpha value is -2.32. The van der Waals surface area contributed by atoms with Crippen molar-refractivity contribution in [2.24, 2.45) is 0 Å². The molecular weight excluding hydrogens is 286 g/mol. The molecule has 0 amide bonds. The molecule has 2 aromatic heterocycles. The summed E-state index contributed by atoms with van der Waals surface area (Å²) in [6.45, 7) is 3.31. The minimum Gasteiger partial charge on any atom is -0.353 e. The Morgan fingerprint density at radius 3 is 2.43 bits per heavy atom. The molecule has 0 radical (unpaired) electrons. The third kappa shape index (κ3) is 2.76. The first-order chi connectivity index (χ1) is 10.3. The smallest absolute Gasteiger partial charge is 0.148 e. The first-order valence-electron chi connectivity index (χ1n) is 6.75. The van der Waals surface area contributed by atoms with E-state index >= 15 is 0 Å². The Bertz CT molecular complexity index is 660. The molecule has 1 saturated heterocycles. The Kier molecular flexibility index (Phi) is 3.89. The van der Waals surface area contributed by atoms with Gasteiger partial charge in [0.05, 0.1) is 5.56 Å². The van der Waals surface area contributed by atoms with Crippen molar-refractivity contribution in [3.63, 3.8) is 0 Å². The molecule has 0 bridgehead atoms. The molecule has 2 aromatic rings. The van der Waals surface area contributed by atoms with Crippen molar-refractivity contribution in [2.75, 3.05) is 36.0 Å². The van der Waals surface area contributed by atoms with Gasteiger partial charge in [0.1, 0.15) is 22.7 Å². The zero-order valence-corrected chi connectivity index (χ0v) is 12.2. The van der Waals surface area contributed by atoms with Gasteiger partial charge in [-0.25, -0.2) is 9.97 Å². The third-order valence-corrected chi connectivity index (χ3v) is 3.92. The second-order valence-corrected chi connectivity index (χ2v) is 5.15. The highest BCUT2D eigenvalue weighted by molar-refractivity contribution is 6.34. The summed E-state index contributed by atoms with van der Waals surface area (Å²) in [5.74, 6) is 1.68. The SMILES string of the molecule is N#Cc1ccnc(N2CCN(c3ccccn3)CC2)c1Cl. The largest absolute Gasteiger partial charge is 0.353 e. The monoisotopic (exact) mass is 299 g/mol. The van der Waals surface area contributed by atoms with E-state index in [1.165, 1.54) is 0 Å². The van der Waals surface area contributed by atoms with Gasteiger partial charge in [0, 0.05) is 38.6 Å². The molecule has 21 heavy (non-hydrogen) atoms. The molecule has 1 aliphatic heterocycles. The van der Waals surface area contributed by atoms with Crippen LogP contribution >= 0.6 is 11.6 Å². The summed E-state index contributed by atoms with van der Waals surface area (Å²) < 4.78 is 0. The molecule has 0 saturated carbocycles. The molecule has 3 rings (SSSR count). The highest BCUT2D eigenvalue weighted by Crippen LogP contribution is 2.27. The number of aromatic nitrogens is 2. The van der Waals surface area contributed by atoms with Crippen molar-refractivity contribution in [1.82, 2.24) is 9.97 Å². The molecule has 0 spiro atoms. The lowest BCUT2D eigenvalue weighted by atomic mass is 10.2. The van der Waals surface area contributed by atoms with Gasteiger partial charge < -0.3 is 9.80 Å². The van der Waals surface area contributed by atoms with Crippen molar-refractivity contribution in [2.45, 2.75) is 0 Å². The number of piperazine rings is 1. The van der Waals surface area contributed by atoms with E-state index < -0.39 is 0 Å². The minimum atomic E-state index is 0.436. The lowest BCUT2D eigenvalue weighted by Gasteiger charge is -2.36. The standard InChI is InChI=1S/C15H14ClN5/c16-14-12(11-17)4-6-19-15(14)21-9-7-20(8-10-21)13-3-1-2-5-18-13/h1-6H,7-10H2. The van der Waals surface area contributed by atoms with Gasteiger partial charge in [-0.05, 0) is 18.2 Å². The molecule has 0 unspecified atom stereocenters. The zero-order valence-electron chi connectivity index (χ0n) is 11.4. The molecule has 1 fully saturated rings. The Morgan fingerprint density at radius 1 is 1.00 bits per heavy atom. The van der Waals surface area contributed by atoms with Crippen LogP contribution in [0.1, 0.15) is 5.56 Å². The summed E-state index contributed by atoms with van der Waals surface area (Å²) in [6, 6.07) is 9.64. The number of nitriles is 1. The number of rotatable bonds is 2. The van der Waals surface area contributed by atoms with Gasteiger partial charge in [-0.3, -0.25) is 0 Å². The average Bonchev–Trinajstić information content (AvgIpc) is 2.56. The lowest BCUT2D eigenvalue weighted by molar-refractivity contribution is 0.642. The Morgan fingerprint density at radius 2 is 1.76 bits per heavy atom. The van der Waals surface area contributed by atoms with Crippen molar-refractivity contribution < 1.29 is 0 Å². The number of anilines is 2. The molecular formula is C15H14ClN5. The normalized spacial score (nSPS) is 14.9. The number of hydrogen-bond donors (Lipinski definition) is 0. The van der Waals surface area contributed by atoms with Crippen LogP contribution < -0.4 is 9.80 Å². The third-order valence-electron chi connectivity index (χ3n) is 3.54. The van der Waals surface area contributed by atoms with Gasteiger partial charge in [-0.2, -0.15) is 5.26 Å². The van der Waals surface area contributed by atoms with Gasteiger partial charge in [-0.15, -0.1) is 0 Å². The second-order valence-electron chi connectivity index (χ2n) is 4.77.